The topological polar surface area (TPSA) is 78.8 Å². The Morgan fingerprint density at radius 2 is 2.18 bits per heavy atom. The van der Waals surface area contributed by atoms with E-state index in [2.05, 4.69) is 15.1 Å². The van der Waals surface area contributed by atoms with E-state index in [1.54, 1.807) is 23.0 Å². The molecule has 2 aromatic heterocycles. The van der Waals surface area contributed by atoms with E-state index in [0.29, 0.717) is 17.6 Å². The summed E-state index contributed by atoms with van der Waals surface area (Å²) < 4.78 is 7.09. The fourth-order valence-corrected chi connectivity index (χ4v) is 1.44. The predicted octanol–water partition coefficient (Wildman–Crippen LogP) is 1.34. The SMILES string of the molecule is Cc1cc(N)nn1-c1nccc(OC(C)C)n1. The van der Waals surface area contributed by atoms with Gasteiger partial charge in [-0.25, -0.2) is 9.67 Å². The normalized spacial score (nSPS) is 10.8. The maximum Gasteiger partial charge on any atom is 0.254 e. The number of nitrogens with zero attached hydrogens (tertiary/aromatic N) is 4. The van der Waals surface area contributed by atoms with E-state index in [9.17, 15) is 0 Å². The Balaban J connectivity index is 2.36. The zero-order valence-electron chi connectivity index (χ0n) is 10.1. The average molecular weight is 233 g/mol. The van der Waals surface area contributed by atoms with E-state index in [1.165, 1.54) is 0 Å². The zero-order valence-corrected chi connectivity index (χ0v) is 10.1. The van der Waals surface area contributed by atoms with Crippen molar-refractivity contribution in [3.63, 3.8) is 0 Å². The molecule has 0 atom stereocenters. The van der Waals surface area contributed by atoms with Crippen molar-refractivity contribution in [2.24, 2.45) is 0 Å². The number of anilines is 1. The highest BCUT2D eigenvalue weighted by atomic mass is 16.5. The van der Waals surface area contributed by atoms with Gasteiger partial charge in [0, 0.05) is 24.0 Å². The summed E-state index contributed by atoms with van der Waals surface area (Å²) in [6, 6.07) is 3.48. The molecule has 0 amide bonds. The monoisotopic (exact) mass is 233 g/mol. The van der Waals surface area contributed by atoms with Crippen LogP contribution in [0.1, 0.15) is 19.5 Å². The number of hydrogen-bond donors (Lipinski definition) is 1. The van der Waals surface area contributed by atoms with Crippen molar-refractivity contribution >= 4 is 5.82 Å². The molecule has 0 aromatic carbocycles. The Kier molecular flexibility index (Phi) is 2.95. The maximum absolute atomic E-state index is 5.62. The summed E-state index contributed by atoms with van der Waals surface area (Å²) in [4.78, 5) is 8.41. The second kappa shape index (κ2) is 4.40. The number of hydrogen-bond acceptors (Lipinski definition) is 5. The van der Waals surface area contributed by atoms with Crippen LogP contribution in [0.5, 0.6) is 5.88 Å². The molecular weight excluding hydrogens is 218 g/mol. The third-order valence-corrected chi connectivity index (χ3v) is 2.07. The highest BCUT2D eigenvalue weighted by molar-refractivity contribution is 5.32. The molecular formula is C11H15N5O. The van der Waals surface area contributed by atoms with Crippen LogP contribution < -0.4 is 10.5 Å². The van der Waals surface area contributed by atoms with Gasteiger partial charge in [-0.2, -0.15) is 4.98 Å². The molecule has 0 aliphatic heterocycles. The number of aromatic nitrogens is 4. The lowest BCUT2D eigenvalue weighted by atomic mass is 10.4. The van der Waals surface area contributed by atoms with E-state index >= 15 is 0 Å². The van der Waals surface area contributed by atoms with Crippen molar-refractivity contribution in [2.45, 2.75) is 26.9 Å². The quantitative estimate of drug-likeness (QED) is 0.865. The van der Waals surface area contributed by atoms with Gasteiger partial charge in [0.25, 0.3) is 5.95 Å². The van der Waals surface area contributed by atoms with Crippen LogP contribution in [0, 0.1) is 6.92 Å². The lowest BCUT2D eigenvalue weighted by molar-refractivity contribution is 0.232. The van der Waals surface area contributed by atoms with Crippen LogP contribution in [0.2, 0.25) is 0 Å². The van der Waals surface area contributed by atoms with E-state index in [1.807, 2.05) is 20.8 Å². The number of nitrogens with two attached hydrogens (primary N) is 1. The molecule has 2 N–H and O–H groups in total. The third-order valence-electron chi connectivity index (χ3n) is 2.07. The molecule has 0 fully saturated rings. The van der Waals surface area contributed by atoms with Crippen molar-refractivity contribution in [2.75, 3.05) is 5.73 Å². The van der Waals surface area contributed by atoms with Crippen molar-refractivity contribution < 1.29 is 4.74 Å². The van der Waals surface area contributed by atoms with Crippen LogP contribution in [0.3, 0.4) is 0 Å². The van der Waals surface area contributed by atoms with Crippen LogP contribution in [0.25, 0.3) is 5.95 Å². The van der Waals surface area contributed by atoms with Gasteiger partial charge in [0.2, 0.25) is 5.88 Å². The van der Waals surface area contributed by atoms with Gasteiger partial charge in [0.1, 0.15) is 5.82 Å². The Hall–Kier alpha value is -2.11. The molecule has 2 rings (SSSR count). The zero-order chi connectivity index (χ0) is 12.4. The molecule has 0 unspecified atom stereocenters. The van der Waals surface area contributed by atoms with Crippen molar-refractivity contribution in [1.82, 2.24) is 19.7 Å². The van der Waals surface area contributed by atoms with Gasteiger partial charge in [0.15, 0.2) is 0 Å². The summed E-state index contributed by atoms with van der Waals surface area (Å²) in [6.07, 6.45) is 1.71. The fourth-order valence-electron chi connectivity index (χ4n) is 1.44. The number of aryl methyl sites for hydroxylation is 1. The van der Waals surface area contributed by atoms with Gasteiger partial charge in [0.05, 0.1) is 6.10 Å². The molecule has 6 nitrogen and oxygen atoms in total. The second-order valence-corrected chi connectivity index (χ2v) is 3.98. The van der Waals surface area contributed by atoms with E-state index < -0.39 is 0 Å². The molecule has 2 heterocycles. The third kappa shape index (κ3) is 2.52. The smallest absolute Gasteiger partial charge is 0.254 e. The largest absolute Gasteiger partial charge is 0.475 e. The molecule has 0 saturated heterocycles. The Morgan fingerprint density at radius 1 is 1.41 bits per heavy atom. The van der Waals surface area contributed by atoms with E-state index in [0.717, 1.165) is 5.69 Å². The van der Waals surface area contributed by atoms with Crippen molar-refractivity contribution in [1.29, 1.82) is 0 Å². The minimum atomic E-state index is 0.0709. The van der Waals surface area contributed by atoms with E-state index in [4.69, 9.17) is 10.5 Å². The van der Waals surface area contributed by atoms with Gasteiger partial charge in [-0.1, -0.05) is 0 Å². The summed E-state index contributed by atoms with van der Waals surface area (Å²) in [7, 11) is 0. The van der Waals surface area contributed by atoms with Gasteiger partial charge < -0.3 is 10.5 Å². The van der Waals surface area contributed by atoms with Gasteiger partial charge in [-0.3, -0.25) is 0 Å². The maximum atomic E-state index is 5.62. The standard InChI is InChI=1S/C11H15N5O/c1-7(2)17-10-4-5-13-11(14-10)16-8(3)6-9(12)15-16/h4-7H,1-3H3,(H2,12,15). The molecule has 0 radical (unpaired) electrons. The van der Waals surface area contributed by atoms with Crippen molar-refractivity contribution in [3.8, 4) is 11.8 Å². The van der Waals surface area contributed by atoms with Crippen LogP contribution in [-0.4, -0.2) is 25.9 Å². The summed E-state index contributed by atoms with van der Waals surface area (Å²) in [5.74, 6) is 1.43. The van der Waals surface area contributed by atoms with Crippen LogP contribution in [0.15, 0.2) is 18.3 Å². The number of ether oxygens (including phenoxy) is 1. The first-order valence-electron chi connectivity index (χ1n) is 5.38. The highest BCUT2D eigenvalue weighted by Crippen LogP contribution is 2.13. The van der Waals surface area contributed by atoms with Crippen LogP contribution >= 0.6 is 0 Å². The first-order chi connectivity index (χ1) is 8.06. The minimum Gasteiger partial charge on any atom is -0.475 e. The second-order valence-electron chi connectivity index (χ2n) is 3.98. The van der Waals surface area contributed by atoms with Crippen LogP contribution in [0.4, 0.5) is 5.82 Å². The van der Waals surface area contributed by atoms with E-state index in [-0.39, 0.29) is 6.10 Å². The molecule has 0 aliphatic rings. The fraction of sp³-hybridized carbons (Fsp3) is 0.364. The van der Waals surface area contributed by atoms with Gasteiger partial charge in [-0.15, -0.1) is 5.10 Å². The average Bonchev–Trinajstić information content (AvgIpc) is 2.57. The lowest BCUT2D eigenvalue weighted by Gasteiger charge is -2.09. The number of rotatable bonds is 3. The highest BCUT2D eigenvalue weighted by Gasteiger charge is 2.08. The summed E-state index contributed by atoms with van der Waals surface area (Å²) in [5.41, 5.74) is 6.50. The molecule has 17 heavy (non-hydrogen) atoms. The Morgan fingerprint density at radius 3 is 2.76 bits per heavy atom. The molecule has 0 aliphatic carbocycles. The molecule has 0 saturated carbocycles. The lowest BCUT2D eigenvalue weighted by Crippen LogP contribution is -2.10. The summed E-state index contributed by atoms with van der Waals surface area (Å²) in [6.45, 7) is 5.78. The Labute approximate surface area is 99.4 Å². The predicted molar refractivity (Wildman–Crippen MR) is 64.1 cm³/mol. The van der Waals surface area contributed by atoms with Crippen LogP contribution in [-0.2, 0) is 0 Å². The summed E-state index contributed by atoms with van der Waals surface area (Å²) in [5, 5.41) is 4.11. The molecule has 0 bridgehead atoms. The molecule has 6 heteroatoms. The summed E-state index contributed by atoms with van der Waals surface area (Å²) >= 11 is 0. The molecule has 2 aromatic rings. The number of nitrogen functional groups attached to an aromatic ring is 1. The molecule has 90 valence electrons. The first-order valence-corrected chi connectivity index (χ1v) is 5.38. The van der Waals surface area contributed by atoms with Crippen molar-refractivity contribution in [3.05, 3.63) is 24.0 Å². The minimum absolute atomic E-state index is 0.0709. The first kappa shape index (κ1) is 11.4. The Bertz CT molecular complexity index is 520. The van der Waals surface area contributed by atoms with Gasteiger partial charge >= 0.3 is 0 Å². The van der Waals surface area contributed by atoms with Gasteiger partial charge in [-0.05, 0) is 20.8 Å². The molecule has 0 spiro atoms.